The highest BCUT2D eigenvalue weighted by atomic mass is 16.5. The molecule has 7 heteroatoms. The van der Waals surface area contributed by atoms with Gasteiger partial charge in [0.25, 0.3) is 0 Å². The van der Waals surface area contributed by atoms with Gasteiger partial charge in [-0.2, -0.15) is 0 Å². The Bertz CT molecular complexity index is 649. The molecule has 1 aliphatic rings. The van der Waals surface area contributed by atoms with Crippen molar-refractivity contribution in [3.05, 3.63) is 23.8 Å². The fourth-order valence-corrected chi connectivity index (χ4v) is 3.46. The van der Waals surface area contributed by atoms with Crippen LogP contribution in [0.3, 0.4) is 0 Å². The molecule has 0 radical (unpaired) electrons. The first-order chi connectivity index (χ1) is 12.5. The molecule has 0 aliphatic carbocycles. The van der Waals surface area contributed by atoms with Crippen molar-refractivity contribution < 1.29 is 23.8 Å². The lowest BCUT2D eigenvalue weighted by molar-refractivity contribution is -0.135. The van der Waals surface area contributed by atoms with Gasteiger partial charge in [-0.25, -0.2) is 0 Å². The Morgan fingerprint density at radius 3 is 2.50 bits per heavy atom. The molecule has 1 saturated heterocycles. The van der Waals surface area contributed by atoms with Crippen LogP contribution in [0.25, 0.3) is 0 Å². The van der Waals surface area contributed by atoms with Crippen molar-refractivity contribution in [1.29, 1.82) is 0 Å². The summed E-state index contributed by atoms with van der Waals surface area (Å²) in [6, 6.07) is 5.23. The van der Waals surface area contributed by atoms with Gasteiger partial charge >= 0.3 is 0 Å². The topological polar surface area (TPSA) is 68.3 Å². The standard InChI is InChI=1S/C19H28N2O5/c1-6-21-17(22)12-14(19(23)20(2)9-10-24-3)18(21)13-7-8-15(25-4)16(11-13)26-5/h7-8,11,14,18H,6,9-10,12H2,1-5H3/t14-,18+/m1/s1. The van der Waals surface area contributed by atoms with Gasteiger partial charge in [-0.3, -0.25) is 9.59 Å². The second-order valence-electron chi connectivity index (χ2n) is 6.30. The molecule has 144 valence electrons. The van der Waals surface area contributed by atoms with Crippen molar-refractivity contribution >= 4 is 11.8 Å². The van der Waals surface area contributed by atoms with Crippen LogP contribution in [0.5, 0.6) is 11.5 Å². The molecule has 1 aliphatic heterocycles. The lowest BCUT2D eigenvalue weighted by atomic mass is 9.92. The van der Waals surface area contributed by atoms with Gasteiger partial charge in [-0.1, -0.05) is 6.07 Å². The van der Waals surface area contributed by atoms with Crippen LogP contribution in [0.4, 0.5) is 0 Å². The molecule has 26 heavy (non-hydrogen) atoms. The highest BCUT2D eigenvalue weighted by molar-refractivity contribution is 5.90. The molecular formula is C19H28N2O5. The van der Waals surface area contributed by atoms with Gasteiger partial charge in [0, 0.05) is 33.7 Å². The normalized spacial score (nSPS) is 19.6. The summed E-state index contributed by atoms with van der Waals surface area (Å²) in [7, 11) is 6.49. The summed E-state index contributed by atoms with van der Waals surface area (Å²) < 4.78 is 15.7. The number of hydrogen-bond donors (Lipinski definition) is 0. The Hall–Kier alpha value is -2.28. The molecule has 2 amide bonds. The third-order valence-corrected chi connectivity index (χ3v) is 4.85. The first-order valence-electron chi connectivity index (χ1n) is 8.73. The molecule has 7 nitrogen and oxygen atoms in total. The maximum absolute atomic E-state index is 13.0. The van der Waals surface area contributed by atoms with Crippen molar-refractivity contribution in [2.24, 2.45) is 5.92 Å². The van der Waals surface area contributed by atoms with Crippen molar-refractivity contribution in [2.45, 2.75) is 19.4 Å². The Kier molecular flexibility index (Phi) is 6.85. The molecule has 2 atom stereocenters. The van der Waals surface area contributed by atoms with Crippen LogP contribution in [-0.2, 0) is 14.3 Å². The minimum absolute atomic E-state index is 0.00854. The molecule has 1 heterocycles. The van der Waals surface area contributed by atoms with E-state index in [-0.39, 0.29) is 24.3 Å². The third kappa shape index (κ3) is 3.93. The summed E-state index contributed by atoms with van der Waals surface area (Å²) in [6.07, 6.45) is 0.211. The summed E-state index contributed by atoms with van der Waals surface area (Å²) in [5, 5.41) is 0. The largest absolute Gasteiger partial charge is 0.493 e. The molecule has 2 rings (SSSR count). The smallest absolute Gasteiger partial charge is 0.228 e. The quantitative estimate of drug-likeness (QED) is 0.703. The fourth-order valence-electron chi connectivity index (χ4n) is 3.46. The molecule has 0 unspecified atom stereocenters. The van der Waals surface area contributed by atoms with Crippen LogP contribution in [-0.4, -0.2) is 69.7 Å². The number of methoxy groups -OCH3 is 3. The Balaban J connectivity index is 2.37. The average Bonchev–Trinajstić information content (AvgIpc) is 3.00. The van der Waals surface area contributed by atoms with E-state index in [1.165, 1.54) is 0 Å². The minimum atomic E-state index is -0.428. The lowest BCUT2D eigenvalue weighted by Crippen LogP contribution is -2.38. The van der Waals surface area contributed by atoms with Crippen LogP contribution in [0.15, 0.2) is 18.2 Å². The molecule has 0 N–H and O–H groups in total. The number of ether oxygens (including phenoxy) is 3. The van der Waals surface area contributed by atoms with Crippen molar-refractivity contribution in [2.75, 3.05) is 48.1 Å². The van der Waals surface area contributed by atoms with E-state index in [4.69, 9.17) is 14.2 Å². The number of rotatable bonds is 8. The number of likely N-dealkylation sites (tertiary alicyclic amines) is 1. The lowest BCUT2D eigenvalue weighted by Gasteiger charge is -2.30. The fraction of sp³-hybridized carbons (Fsp3) is 0.579. The van der Waals surface area contributed by atoms with Gasteiger partial charge in [-0.15, -0.1) is 0 Å². The maximum Gasteiger partial charge on any atom is 0.228 e. The van der Waals surface area contributed by atoms with Crippen molar-refractivity contribution in [1.82, 2.24) is 9.80 Å². The first-order valence-corrected chi connectivity index (χ1v) is 8.73. The van der Waals surface area contributed by atoms with Crippen molar-refractivity contribution in [3.63, 3.8) is 0 Å². The zero-order chi connectivity index (χ0) is 19.3. The molecule has 0 aromatic heterocycles. The first kappa shape index (κ1) is 20.0. The number of carbonyl (C=O) groups is 2. The molecule has 0 saturated carbocycles. The Labute approximate surface area is 154 Å². The van der Waals surface area contributed by atoms with E-state index in [2.05, 4.69) is 0 Å². The van der Waals surface area contributed by atoms with E-state index in [9.17, 15) is 9.59 Å². The number of hydrogen-bond acceptors (Lipinski definition) is 5. The van der Waals surface area contributed by atoms with Crippen molar-refractivity contribution in [3.8, 4) is 11.5 Å². The SMILES string of the molecule is CCN1C(=O)C[C@@H](C(=O)N(C)CCOC)[C@@H]1c1ccc(OC)c(OC)c1. The summed E-state index contributed by atoms with van der Waals surface area (Å²) >= 11 is 0. The molecule has 1 aromatic carbocycles. The summed E-state index contributed by atoms with van der Waals surface area (Å²) in [5.74, 6) is 0.711. The second kappa shape index (κ2) is 8.89. The predicted molar refractivity (Wildman–Crippen MR) is 97.3 cm³/mol. The van der Waals surface area contributed by atoms with Gasteiger partial charge < -0.3 is 24.0 Å². The van der Waals surface area contributed by atoms with E-state index < -0.39 is 5.92 Å². The van der Waals surface area contributed by atoms with E-state index in [0.29, 0.717) is 31.2 Å². The molecule has 0 bridgehead atoms. The van der Waals surface area contributed by atoms with Crippen LogP contribution in [0.1, 0.15) is 24.9 Å². The number of likely N-dealkylation sites (N-methyl/N-ethyl adjacent to an activating group) is 1. The minimum Gasteiger partial charge on any atom is -0.493 e. The number of carbonyl (C=O) groups excluding carboxylic acids is 2. The highest BCUT2D eigenvalue weighted by Gasteiger charge is 2.44. The van der Waals surface area contributed by atoms with Crippen LogP contribution in [0.2, 0.25) is 0 Å². The number of benzene rings is 1. The zero-order valence-electron chi connectivity index (χ0n) is 16.2. The monoisotopic (exact) mass is 364 g/mol. The van der Waals surface area contributed by atoms with Gasteiger partial charge in [0.05, 0.1) is 32.8 Å². The summed E-state index contributed by atoms with van der Waals surface area (Å²) in [5.41, 5.74) is 0.869. The molecule has 1 aromatic rings. The second-order valence-corrected chi connectivity index (χ2v) is 6.30. The molecule has 1 fully saturated rings. The molecule has 0 spiro atoms. The van der Waals surface area contributed by atoms with E-state index in [1.54, 1.807) is 44.2 Å². The van der Waals surface area contributed by atoms with Gasteiger partial charge in [0.15, 0.2) is 11.5 Å². The Morgan fingerprint density at radius 1 is 1.23 bits per heavy atom. The van der Waals surface area contributed by atoms with E-state index >= 15 is 0 Å². The third-order valence-electron chi connectivity index (χ3n) is 4.85. The highest BCUT2D eigenvalue weighted by Crippen LogP contribution is 2.41. The van der Waals surface area contributed by atoms with Crippen LogP contribution >= 0.6 is 0 Å². The van der Waals surface area contributed by atoms with Crippen LogP contribution < -0.4 is 9.47 Å². The Morgan fingerprint density at radius 2 is 1.92 bits per heavy atom. The zero-order valence-corrected chi connectivity index (χ0v) is 16.2. The van der Waals surface area contributed by atoms with Crippen LogP contribution in [0, 0.1) is 5.92 Å². The summed E-state index contributed by atoms with van der Waals surface area (Å²) in [4.78, 5) is 28.8. The molecular weight excluding hydrogens is 336 g/mol. The average molecular weight is 364 g/mol. The van der Waals surface area contributed by atoms with Gasteiger partial charge in [0.2, 0.25) is 11.8 Å². The summed E-state index contributed by atoms with van der Waals surface area (Å²) in [6.45, 7) is 3.42. The van der Waals surface area contributed by atoms with Gasteiger partial charge in [-0.05, 0) is 24.6 Å². The van der Waals surface area contributed by atoms with E-state index in [0.717, 1.165) is 5.56 Å². The maximum atomic E-state index is 13.0. The predicted octanol–water partition coefficient (Wildman–Crippen LogP) is 1.72. The van der Waals surface area contributed by atoms with Gasteiger partial charge in [0.1, 0.15) is 0 Å². The number of nitrogens with zero attached hydrogens (tertiary/aromatic N) is 2. The number of amides is 2. The van der Waals surface area contributed by atoms with E-state index in [1.807, 2.05) is 19.1 Å².